The molecule has 3 unspecified atom stereocenters. The second kappa shape index (κ2) is 7.71. The summed E-state index contributed by atoms with van der Waals surface area (Å²) in [6.45, 7) is 2.89. The standard InChI is InChI=1S/C17H24N2OS.ClH/c1-12(18)15-8-4-5-10-19(15)17(20)16-14-7-3-2-6-13(14)9-11-21-16;/h2-3,6-7,12,15-16H,4-5,8-11,18H2,1H3;1H. The summed E-state index contributed by atoms with van der Waals surface area (Å²) in [6.07, 6.45) is 4.40. The van der Waals surface area contributed by atoms with Crippen LogP contribution < -0.4 is 5.73 Å². The molecular weight excluding hydrogens is 316 g/mol. The molecule has 1 amide bonds. The monoisotopic (exact) mass is 340 g/mol. The van der Waals surface area contributed by atoms with Crippen LogP contribution in [0, 0.1) is 0 Å². The molecule has 0 aliphatic carbocycles. The topological polar surface area (TPSA) is 46.3 Å². The first-order valence-corrected chi connectivity index (χ1v) is 8.99. The lowest BCUT2D eigenvalue weighted by Crippen LogP contribution is -2.52. The van der Waals surface area contributed by atoms with Gasteiger partial charge in [0.05, 0.1) is 0 Å². The first-order chi connectivity index (χ1) is 10.2. The lowest BCUT2D eigenvalue weighted by molar-refractivity contribution is -0.134. The molecule has 1 saturated heterocycles. The number of nitrogens with zero attached hydrogens (tertiary/aromatic N) is 1. The van der Waals surface area contributed by atoms with E-state index in [1.54, 1.807) is 11.8 Å². The fourth-order valence-electron chi connectivity index (χ4n) is 3.53. The number of aryl methyl sites for hydroxylation is 1. The highest BCUT2D eigenvalue weighted by Gasteiger charge is 2.35. The zero-order valence-corrected chi connectivity index (χ0v) is 14.7. The van der Waals surface area contributed by atoms with Gasteiger partial charge in [0.25, 0.3) is 0 Å². The molecule has 0 aromatic heterocycles. The number of hydrogen-bond acceptors (Lipinski definition) is 3. The van der Waals surface area contributed by atoms with Crippen molar-refractivity contribution in [3.05, 3.63) is 35.4 Å². The van der Waals surface area contributed by atoms with Crippen LogP contribution in [0.1, 0.15) is 42.6 Å². The Morgan fingerprint density at radius 3 is 2.91 bits per heavy atom. The molecule has 2 N–H and O–H groups in total. The Morgan fingerprint density at radius 2 is 2.14 bits per heavy atom. The Balaban J connectivity index is 0.00000176. The number of amides is 1. The van der Waals surface area contributed by atoms with Crippen LogP contribution in [-0.2, 0) is 11.2 Å². The molecule has 3 atom stereocenters. The average molecular weight is 341 g/mol. The molecule has 2 aliphatic rings. The van der Waals surface area contributed by atoms with Crippen molar-refractivity contribution in [3.63, 3.8) is 0 Å². The van der Waals surface area contributed by atoms with Crippen molar-refractivity contribution in [1.82, 2.24) is 4.90 Å². The van der Waals surface area contributed by atoms with Crippen molar-refractivity contribution >= 4 is 30.1 Å². The Bertz CT molecular complexity index is 523. The van der Waals surface area contributed by atoms with Gasteiger partial charge in [0.1, 0.15) is 5.25 Å². The van der Waals surface area contributed by atoms with E-state index >= 15 is 0 Å². The van der Waals surface area contributed by atoms with Gasteiger partial charge in [-0.1, -0.05) is 24.3 Å². The maximum atomic E-state index is 13.1. The third-order valence-corrected chi connectivity index (χ3v) is 5.89. The molecule has 22 heavy (non-hydrogen) atoms. The lowest BCUT2D eigenvalue weighted by atomic mass is 9.95. The molecule has 122 valence electrons. The first kappa shape index (κ1) is 17.6. The number of likely N-dealkylation sites (tertiary alicyclic amines) is 1. The number of nitrogens with two attached hydrogens (primary N) is 1. The van der Waals surface area contributed by atoms with Gasteiger partial charge in [0.2, 0.25) is 5.91 Å². The number of carbonyl (C=O) groups excluding carboxylic acids is 1. The van der Waals surface area contributed by atoms with Crippen molar-refractivity contribution in [3.8, 4) is 0 Å². The highest BCUT2D eigenvalue weighted by Crippen LogP contribution is 2.39. The van der Waals surface area contributed by atoms with Gasteiger partial charge in [-0.25, -0.2) is 0 Å². The van der Waals surface area contributed by atoms with Gasteiger partial charge >= 0.3 is 0 Å². The highest BCUT2D eigenvalue weighted by molar-refractivity contribution is 8.00. The summed E-state index contributed by atoms with van der Waals surface area (Å²) in [7, 11) is 0. The van der Waals surface area contributed by atoms with Crippen molar-refractivity contribution < 1.29 is 4.79 Å². The van der Waals surface area contributed by atoms with Gasteiger partial charge in [0.15, 0.2) is 0 Å². The highest BCUT2D eigenvalue weighted by atomic mass is 35.5. The van der Waals surface area contributed by atoms with E-state index in [-0.39, 0.29) is 35.6 Å². The second-order valence-electron chi connectivity index (χ2n) is 6.15. The quantitative estimate of drug-likeness (QED) is 0.899. The SMILES string of the molecule is CC(N)C1CCCCN1C(=O)C1SCCc2ccccc21.Cl. The van der Waals surface area contributed by atoms with Gasteiger partial charge in [-0.3, -0.25) is 4.79 Å². The summed E-state index contributed by atoms with van der Waals surface area (Å²) in [5.41, 5.74) is 8.67. The molecule has 3 nitrogen and oxygen atoms in total. The summed E-state index contributed by atoms with van der Waals surface area (Å²) in [4.78, 5) is 15.1. The van der Waals surface area contributed by atoms with E-state index in [1.807, 2.05) is 13.0 Å². The maximum Gasteiger partial charge on any atom is 0.240 e. The molecule has 2 aliphatic heterocycles. The van der Waals surface area contributed by atoms with E-state index in [0.717, 1.165) is 31.6 Å². The Kier molecular flexibility index (Phi) is 6.18. The van der Waals surface area contributed by atoms with Crippen molar-refractivity contribution in [2.45, 2.75) is 49.9 Å². The number of piperidine rings is 1. The molecule has 1 aromatic carbocycles. The van der Waals surface area contributed by atoms with Crippen LogP contribution >= 0.6 is 24.2 Å². The Morgan fingerprint density at radius 1 is 1.36 bits per heavy atom. The van der Waals surface area contributed by atoms with E-state index in [4.69, 9.17) is 5.73 Å². The Hall–Kier alpha value is -0.710. The normalized spacial score (nSPS) is 25.8. The zero-order chi connectivity index (χ0) is 14.8. The number of rotatable bonds is 2. The van der Waals surface area contributed by atoms with E-state index < -0.39 is 0 Å². The largest absolute Gasteiger partial charge is 0.337 e. The van der Waals surface area contributed by atoms with Gasteiger partial charge < -0.3 is 10.6 Å². The molecule has 3 rings (SSSR count). The van der Waals surface area contributed by atoms with E-state index in [2.05, 4.69) is 23.1 Å². The van der Waals surface area contributed by atoms with Crippen LogP contribution in [0.25, 0.3) is 0 Å². The lowest BCUT2D eigenvalue weighted by Gasteiger charge is -2.40. The first-order valence-electron chi connectivity index (χ1n) is 7.94. The minimum absolute atomic E-state index is 0. The number of fused-ring (bicyclic) bond motifs is 1. The predicted molar refractivity (Wildman–Crippen MR) is 95.6 cm³/mol. The third kappa shape index (κ3) is 3.44. The molecule has 1 aromatic rings. The van der Waals surface area contributed by atoms with Crippen molar-refractivity contribution in [2.24, 2.45) is 5.73 Å². The predicted octanol–water partition coefficient (Wildman–Crippen LogP) is 3.17. The van der Waals surface area contributed by atoms with Crippen LogP contribution in [0.2, 0.25) is 0 Å². The van der Waals surface area contributed by atoms with E-state index in [1.165, 1.54) is 17.5 Å². The summed E-state index contributed by atoms with van der Waals surface area (Å²) in [5.74, 6) is 1.30. The summed E-state index contributed by atoms with van der Waals surface area (Å²) < 4.78 is 0. The third-order valence-electron chi connectivity index (χ3n) is 4.66. The van der Waals surface area contributed by atoms with Gasteiger partial charge in [-0.2, -0.15) is 0 Å². The minimum atomic E-state index is -0.0331. The molecule has 2 heterocycles. The number of thioether (sulfide) groups is 1. The molecule has 1 fully saturated rings. The Labute approximate surface area is 143 Å². The van der Waals surface area contributed by atoms with Crippen molar-refractivity contribution in [2.75, 3.05) is 12.3 Å². The summed E-state index contributed by atoms with van der Waals surface area (Å²) in [6, 6.07) is 8.66. The van der Waals surface area contributed by atoms with Crippen LogP contribution in [0.4, 0.5) is 0 Å². The van der Waals surface area contributed by atoms with Crippen LogP contribution in [0.3, 0.4) is 0 Å². The number of benzene rings is 1. The molecule has 0 spiro atoms. The smallest absolute Gasteiger partial charge is 0.240 e. The average Bonchev–Trinajstić information content (AvgIpc) is 2.53. The molecule has 0 radical (unpaired) electrons. The van der Waals surface area contributed by atoms with Crippen LogP contribution in [0.15, 0.2) is 24.3 Å². The molecular formula is C17H25ClN2OS. The van der Waals surface area contributed by atoms with Gasteiger partial charge in [-0.05, 0) is 49.5 Å². The summed E-state index contributed by atoms with van der Waals surface area (Å²) in [5, 5.41) is -0.0331. The number of hydrogen-bond donors (Lipinski definition) is 1. The number of carbonyl (C=O) groups is 1. The second-order valence-corrected chi connectivity index (χ2v) is 7.37. The molecule has 0 bridgehead atoms. The van der Waals surface area contributed by atoms with Crippen molar-refractivity contribution in [1.29, 1.82) is 0 Å². The minimum Gasteiger partial charge on any atom is -0.337 e. The molecule has 0 saturated carbocycles. The fourth-order valence-corrected chi connectivity index (χ4v) is 4.79. The van der Waals surface area contributed by atoms with Gasteiger partial charge in [-0.15, -0.1) is 24.2 Å². The van der Waals surface area contributed by atoms with Gasteiger partial charge in [0, 0.05) is 18.6 Å². The number of halogens is 1. The van der Waals surface area contributed by atoms with E-state index in [9.17, 15) is 4.79 Å². The van der Waals surface area contributed by atoms with Crippen LogP contribution in [0.5, 0.6) is 0 Å². The van der Waals surface area contributed by atoms with E-state index in [0.29, 0.717) is 0 Å². The fraction of sp³-hybridized carbons (Fsp3) is 0.588. The molecule has 5 heteroatoms. The maximum absolute atomic E-state index is 13.1. The zero-order valence-electron chi connectivity index (χ0n) is 13.0. The summed E-state index contributed by atoms with van der Waals surface area (Å²) >= 11 is 1.79. The van der Waals surface area contributed by atoms with Crippen LogP contribution in [-0.4, -0.2) is 35.2 Å².